The van der Waals surface area contributed by atoms with Crippen LogP contribution < -0.4 is 5.32 Å². The Kier molecular flexibility index (Phi) is 2.62. The average Bonchev–Trinajstić information content (AvgIpc) is 2.91. The Hall–Kier alpha value is -2.21. The zero-order valence-corrected chi connectivity index (χ0v) is 11.4. The second kappa shape index (κ2) is 4.39. The molecule has 1 atom stereocenters. The summed E-state index contributed by atoms with van der Waals surface area (Å²) in [6.45, 7) is 0. The van der Waals surface area contributed by atoms with Crippen LogP contribution in [0.3, 0.4) is 0 Å². The monoisotopic (exact) mass is 284 g/mol. The third-order valence-corrected chi connectivity index (χ3v) is 4.61. The maximum absolute atomic E-state index is 12.1. The lowest BCUT2D eigenvalue weighted by Crippen LogP contribution is -2.38. The number of nitrogens with one attached hydrogen (secondary N) is 2. The first-order valence-corrected chi connectivity index (χ1v) is 7.10. The molecule has 2 aliphatic rings. The molecule has 2 aliphatic carbocycles. The van der Waals surface area contributed by atoms with E-state index in [4.69, 9.17) is 0 Å². The van der Waals surface area contributed by atoms with Crippen molar-refractivity contribution in [1.29, 1.82) is 0 Å². The van der Waals surface area contributed by atoms with Gasteiger partial charge in [0, 0.05) is 29.6 Å². The molecule has 0 saturated heterocycles. The fourth-order valence-corrected chi connectivity index (χ4v) is 3.22. The van der Waals surface area contributed by atoms with Crippen LogP contribution in [-0.2, 0) is 0 Å². The summed E-state index contributed by atoms with van der Waals surface area (Å²) >= 11 is 0. The lowest BCUT2D eigenvalue weighted by atomic mass is 9.78. The summed E-state index contributed by atoms with van der Waals surface area (Å²) in [6.07, 6.45) is 7.59. The number of carbonyl (C=O) groups excluding carboxylic acids is 1. The summed E-state index contributed by atoms with van der Waals surface area (Å²) in [5, 5.41) is 19.0. The van der Waals surface area contributed by atoms with E-state index in [1.807, 2.05) is 6.07 Å². The summed E-state index contributed by atoms with van der Waals surface area (Å²) < 4.78 is 0. The van der Waals surface area contributed by atoms with Crippen LogP contribution in [0.2, 0.25) is 0 Å². The van der Waals surface area contributed by atoms with Gasteiger partial charge < -0.3 is 10.4 Å². The van der Waals surface area contributed by atoms with Gasteiger partial charge in [0.1, 0.15) is 5.69 Å². The SMILES string of the molecule is O=C(NC1CC12CC(O)C2)c1ccc(-c2cn[nH]c2)cn1. The number of amides is 1. The molecular formula is C15H16N4O2. The van der Waals surface area contributed by atoms with E-state index in [1.165, 1.54) is 0 Å². The van der Waals surface area contributed by atoms with E-state index in [0.29, 0.717) is 5.69 Å². The third kappa shape index (κ3) is 2.12. The molecule has 0 aromatic carbocycles. The van der Waals surface area contributed by atoms with E-state index in [1.54, 1.807) is 24.7 Å². The highest BCUT2D eigenvalue weighted by Crippen LogP contribution is 2.60. The number of hydrogen-bond donors (Lipinski definition) is 3. The Balaban J connectivity index is 1.41. The standard InChI is InChI=1S/C15H16N4O2/c20-11-3-15(4-11)5-13(15)19-14(21)12-2-1-9(6-16-12)10-7-17-18-8-10/h1-2,6-8,11,13,20H,3-5H2,(H,17,18)(H,19,21). The molecule has 0 aliphatic heterocycles. The lowest BCUT2D eigenvalue weighted by molar-refractivity contribution is 0.0235. The molecular weight excluding hydrogens is 268 g/mol. The minimum absolute atomic E-state index is 0.142. The van der Waals surface area contributed by atoms with E-state index >= 15 is 0 Å². The molecule has 0 bridgehead atoms. The Labute approximate surface area is 121 Å². The number of H-pyrrole nitrogens is 1. The molecule has 1 amide bonds. The molecule has 2 aromatic heterocycles. The Morgan fingerprint density at radius 1 is 1.29 bits per heavy atom. The number of hydrogen-bond acceptors (Lipinski definition) is 4. The van der Waals surface area contributed by atoms with Gasteiger partial charge in [-0.2, -0.15) is 5.10 Å². The fraction of sp³-hybridized carbons (Fsp3) is 0.400. The summed E-state index contributed by atoms with van der Waals surface area (Å²) in [4.78, 5) is 16.4. The topological polar surface area (TPSA) is 90.9 Å². The minimum atomic E-state index is -0.181. The largest absolute Gasteiger partial charge is 0.393 e. The number of rotatable bonds is 3. The number of carbonyl (C=O) groups is 1. The van der Waals surface area contributed by atoms with Gasteiger partial charge in [0.2, 0.25) is 0 Å². The Morgan fingerprint density at radius 2 is 2.14 bits per heavy atom. The summed E-state index contributed by atoms with van der Waals surface area (Å²) in [7, 11) is 0. The van der Waals surface area contributed by atoms with Gasteiger partial charge >= 0.3 is 0 Å². The molecule has 6 nitrogen and oxygen atoms in total. The highest BCUT2D eigenvalue weighted by atomic mass is 16.3. The zero-order valence-electron chi connectivity index (χ0n) is 11.4. The first kappa shape index (κ1) is 12.5. The summed E-state index contributed by atoms with van der Waals surface area (Å²) in [5.41, 5.74) is 2.46. The van der Waals surface area contributed by atoms with Gasteiger partial charge in [-0.3, -0.25) is 14.9 Å². The van der Waals surface area contributed by atoms with Crippen molar-refractivity contribution in [2.45, 2.75) is 31.4 Å². The van der Waals surface area contributed by atoms with E-state index in [0.717, 1.165) is 30.4 Å². The van der Waals surface area contributed by atoms with Crippen LogP contribution in [0.15, 0.2) is 30.7 Å². The lowest BCUT2D eigenvalue weighted by Gasteiger charge is -2.32. The van der Waals surface area contributed by atoms with Crippen LogP contribution in [0, 0.1) is 5.41 Å². The molecule has 2 aromatic rings. The van der Waals surface area contributed by atoms with Crippen LogP contribution in [0.5, 0.6) is 0 Å². The van der Waals surface area contributed by atoms with Crippen LogP contribution in [0.1, 0.15) is 29.8 Å². The van der Waals surface area contributed by atoms with Crippen LogP contribution in [0.4, 0.5) is 0 Å². The van der Waals surface area contributed by atoms with Crippen molar-refractivity contribution >= 4 is 5.91 Å². The van der Waals surface area contributed by atoms with Gasteiger partial charge in [-0.25, -0.2) is 0 Å². The molecule has 0 radical (unpaired) electrons. The quantitative estimate of drug-likeness (QED) is 0.787. The number of aromatic amines is 1. The van der Waals surface area contributed by atoms with Crippen molar-refractivity contribution in [1.82, 2.24) is 20.5 Å². The van der Waals surface area contributed by atoms with Crippen molar-refractivity contribution < 1.29 is 9.90 Å². The molecule has 2 saturated carbocycles. The molecule has 6 heteroatoms. The average molecular weight is 284 g/mol. The van der Waals surface area contributed by atoms with Crippen LogP contribution >= 0.6 is 0 Å². The van der Waals surface area contributed by atoms with Gasteiger partial charge in [-0.1, -0.05) is 6.07 Å². The predicted octanol–water partition coefficient (Wildman–Crippen LogP) is 1.11. The first-order valence-electron chi connectivity index (χ1n) is 7.10. The van der Waals surface area contributed by atoms with Crippen molar-refractivity contribution in [3.05, 3.63) is 36.4 Å². The first-order chi connectivity index (χ1) is 10.2. The van der Waals surface area contributed by atoms with Crippen molar-refractivity contribution in [2.24, 2.45) is 5.41 Å². The minimum Gasteiger partial charge on any atom is -0.393 e. The zero-order chi connectivity index (χ0) is 14.4. The highest BCUT2D eigenvalue weighted by molar-refractivity contribution is 5.93. The molecule has 108 valence electrons. The van der Waals surface area contributed by atoms with Crippen molar-refractivity contribution in [2.75, 3.05) is 0 Å². The number of aliphatic hydroxyl groups excluding tert-OH is 1. The fourth-order valence-electron chi connectivity index (χ4n) is 3.22. The third-order valence-electron chi connectivity index (χ3n) is 4.61. The Bertz CT molecular complexity index is 659. The second-order valence-corrected chi connectivity index (χ2v) is 6.07. The molecule has 4 rings (SSSR count). The van der Waals surface area contributed by atoms with E-state index in [-0.39, 0.29) is 23.5 Å². The smallest absolute Gasteiger partial charge is 0.270 e. The van der Waals surface area contributed by atoms with E-state index < -0.39 is 0 Å². The molecule has 2 fully saturated rings. The molecule has 1 unspecified atom stereocenters. The number of pyridine rings is 1. The van der Waals surface area contributed by atoms with Gasteiger partial charge in [0.05, 0.1) is 12.3 Å². The van der Waals surface area contributed by atoms with E-state index in [9.17, 15) is 9.90 Å². The predicted molar refractivity (Wildman–Crippen MR) is 75.4 cm³/mol. The van der Waals surface area contributed by atoms with Crippen LogP contribution in [0.25, 0.3) is 11.1 Å². The van der Waals surface area contributed by atoms with Crippen molar-refractivity contribution in [3.63, 3.8) is 0 Å². The highest BCUT2D eigenvalue weighted by Gasteiger charge is 2.61. The molecule has 3 N–H and O–H groups in total. The number of nitrogens with zero attached hydrogens (tertiary/aromatic N) is 2. The van der Waals surface area contributed by atoms with E-state index in [2.05, 4.69) is 20.5 Å². The Morgan fingerprint density at radius 3 is 2.76 bits per heavy atom. The normalized spacial score (nSPS) is 30.0. The molecule has 21 heavy (non-hydrogen) atoms. The second-order valence-electron chi connectivity index (χ2n) is 6.07. The van der Waals surface area contributed by atoms with Gasteiger partial charge in [0.15, 0.2) is 0 Å². The number of aromatic nitrogens is 3. The maximum Gasteiger partial charge on any atom is 0.270 e. The molecule has 2 heterocycles. The van der Waals surface area contributed by atoms with Gasteiger partial charge in [-0.05, 0) is 30.7 Å². The summed E-state index contributed by atoms with van der Waals surface area (Å²) in [5.74, 6) is -0.142. The molecule has 1 spiro atoms. The van der Waals surface area contributed by atoms with Crippen LogP contribution in [-0.4, -0.2) is 38.3 Å². The number of aliphatic hydroxyl groups is 1. The maximum atomic E-state index is 12.1. The van der Waals surface area contributed by atoms with Gasteiger partial charge in [0.25, 0.3) is 5.91 Å². The van der Waals surface area contributed by atoms with Crippen molar-refractivity contribution in [3.8, 4) is 11.1 Å². The summed E-state index contributed by atoms with van der Waals surface area (Å²) in [6, 6.07) is 3.79. The van der Waals surface area contributed by atoms with Gasteiger partial charge in [-0.15, -0.1) is 0 Å².